The van der Waals surface area contributed by atoms with E-state index in [0.717, 1.165) is 76.6 Å². The number of benzene rings is 8. The standard InChI is InChI=1S/C55H33N5S2/c1-4-15-34(16-5-1)37-21-12-23-40(31-37)49-51-50(42-25-10-11-27-45(42)62-51)57-54(56-49)41-24-13-22-38(32-41)39-29-30-46-44(33-39)48-43(26-14-28-47(48)61-46)55-59-52(35-17-6-2-7-18-35)58-53(60-55)36-19-8-3-9-20-36/h1-33H. The molecule has 8 aromatic carbocycles. The van der Waals surface area contributed by atoms with Gasteiger partial charge in [-0.05, 0) is 58.7 Å². The number of nitrogens with zero attached hydrogens (tertiary/aromatic N) is 5. The van der Waals surface area contributed by atoms with Crippen LogP contribution >= 0.6 is 22.7 Å². The SMILES string of the molecule is c1ccc(-c2cccc(-c3nc(-c4cccc(-c5ccc6sc7cccc(-c8nc(-c9ccccc9)nc(-c9ccccc9)n8)c7c6c5)c4)nc4c3sc3ccccc34)c2)cc1. The summed E-state index contributed by atoms with van der Waals surface area (Å²) in [5.41, 5.74) is 11.3. The van der Waals surface area contributed by atoms with Gasteiger partial charge in [0.1, 0.15) is 0 Å². The molecule has 5 nitrogen and oxygen atoms in total. The summed E-state index contributed by atoms with van der Waals surface area (Å²) >= 11 is 3.54. The molecule has 0 atom stereocenters. The van der Waals surface area contributed by atoms with Crippen LogP contribution in [0.1, 0.15) is 0 Å². The fourth-order valence-corrected chi connectivity index (χ4v) is 10.6. The van der Waals surface area contributed by atoms with Gasteiger partial charge < -0.3 is 0 Å². The van der Waals surface area contributed by atoms with Gasteiger partial charge in [-0.3, -0.25) is 0 Å². The third kappa shape index (κ3) is 6.43. The van der Waals surface area contributed by atoms with E-state index in [1.165, 1.54) is 19.7 Å². The van der Waals surface area contributed by atoms with E-state index in [9.17, 15) is 0 Å². The number of rotatable bonds is 7. The molecule has 0 saturated heterocycles. The topological polar surface area (TPSA) is 64.5 Å². The van der Waals surface area contributed by atoms with Crippen molar-refractivity contribution in [3.8, 4) is 79.1 Å². The minimum atomic E-state index is 0.645. The minimum Gasteiger partial charge on any atom is -0.226 e. The molecule has 0 saturated carbocycles. The van der Waals surface area contributed by atoms with Crippen LogP contribution in [-0.2, 0) is 0 Å². The molecule has 0 N–H and O–H groups in total. The lowest BCUT2D eigenvalue weighted by atomic mass is 9.99. The van der Waals surface area contributed by atoms with Crippen LogP contribution in [-0.4, -0.2) is 24.9 Å². The molecule has 0 spiro atoms. The fourth-order valence-electron chi connectivity index (χ4n) is 8.35. The average molecular weight is 828 g/mol. The normalized spacial score (nSPS) is 11.5. The van der Waals surface area contributed by atoms with E-state index < -0.39 is 0 Å². The van der Waals surface area contributed by atoms with Crippen molar-refractivity contribution in [3.63, 3.8) is 0 Å². The number of hydrogen-bond acceptors (Lipinski definition) is 7. The molecule has 4 aromatic heterocycles. The van der Waals surface area contributed by atoms with Gasteiger partial charge in [-0.1, -0.05) is 164 Å². The van der Waals surface area contributed by atoms with Gasteiger partial charge in [0, 0.05) is 58.1 Å². The van der Waals surface area contributed by atoms with Crippen molar-refractivity contribution in [2.45, 2.75) is 0 Å². The maximum absolute atomic E-state index is 5.37. The van der Waals surface area contributed by atoms with E-state index in [1.807, 2.05) is 60.7 Å². The molecule has 12 aromatic rings. The second-order valence-corrected chi connectivity index (χ2v) is 17.4. The molecule has 0 fully saturated rings. The molecule has 7 heteroatoms. The lowest BCUT2D eigenvalue weighted by Gasteiger charge is -2.11. The number of fused-ring (bicyclic) bond motifs is 6. The summed E-state index contributed by atoms with van der Waals surface area (Å²) in [5, 5.41) is 3.44. The van der Waals surface area contributed by atoms with Crippen molar-refractivity contribution in [2.24, 2.45) is 0 Å². The zero-order valence-corrected chi connectivity index (χ0v) is 34.7. The maximum atomic E-state index is 5.37. The summed E-state index contributed by atoms with van der Waals surface area (Å²) in [4.78, 5) is 25.9. The predicted molar refractivity (Wildman–Crippen MR) is 259 cm³/mol. The second kappa shape index (κ2) is 15.1. The Hall–Kier alpha value is -7.71. The van der Waals surface area contributed by atoms with Crippen LogP contribution in [0.3, 0.4) is 0 Å². The highest BCUT2D eigenvalue weighted by Gasteiger charge is 2.20. The monoisotopic (exact) mass is 827 g/mol. The van der Waals surface area contributed by atoms with E-state index in [2.05, 4.69) is 140 Å². The van der Waals surface area contributed by atoms with Gasteiger partial charge in [0.15, 0.2) is 23.3 Å². The van der Waals surface area contributed by atoms with Crippen LogP contribution in [0, 0.1) is 0 Å². The first-order valence-electron chi connectivity index (χ1n) is 20.5. The van der Waals surface area contributed by atoms with Gasteiger partial charge in [-0.2, -0.15) is 0 Å². The highest BCUT2D eigenvalue weighted by Crippen LogP contribution is 2.43. The molecule has 0 aliphatic carbocycles. The van der Waals surface area contributed by atoms with E-state index in [1.54, 1.807) is 22.7 Å². The second-order valence-electron chi connectivity index (χ2n) is 15.2. The Balaban J connectivity index is 0.994. The molecular weight excluding hydrogens is 795 g/mol. The Bertz CT molecular complexity index is 3580. The molecule has 4 heterocycles. The largest absolute Gasteiger partial charge is 0.226 e. The van der Waals surface area contributed by atoms with Gasteiger partial charge in [0.05, 0.1) is 15.9 Å². The Morgan fingerprint density at radius 3 is 1.55 bits per heavy atom. The van der Waals surface area contributed by atoms with Crippen molar-refractivity contribution in [1.29, 1.82) is 0 Å². The molecule has 0 aliphatic rings. The van der Waals surface area contributed by atoms with Crippen molar-refractivity contribution >= 4 is 63.1 Å². The molecule has 0 aliphatic heterocycles. The third-order valence-corrected chi connectivity index (χ3v) is 13.7. The third-order valence-electron chi connectivity index (χ3n) is 11.4. The molecule has 0 bridgehead atoms. The first-order valence-corrected chi connectivity index (χ1v) is 22.1. The van der Waals surface area contributed by atoms with E-state index in [-0.39, 0.29) is 0 Å². The average Bonchev–Trinajstić information content (AvgIpc) is 3.93. The van der Waals surface area contributed by atoms with Crippen LogP contribution in [0.2, 0.25) is 0 Å². The number of thiophene rings is 2. The summed E-state index contributed by atoms with van der Waals surface area (Å²) < 4.78 is 4.67. The maximum Gasteiger partial charge on any atom is 0.164 e. The molecule has 0 amide bonds. The molecule has 0 unspecified atom stereocenters. The Labute approximate surface area is 365 Å². The van der Waals surface area contributed by atoms with Crippen LogP contribution in [0.25, 0.3) is 120 Å². The molecule has 0 radical (unpaired) electrons. The lowest BCUT2D eigenvalue weighted by molar-refractivity contribution is 1.08. The first kappa shape index (κ1) is 36.2. The molecule has 290 valence electrons. The van der Waals surface area contributed by atoms with Crippen molar-refractivity contribution in [1.82, 2.24) is 24.9 Å². The van der Waals surface area contributed by atoms with Gasteiger partial charge in [-0.25, -0.2) is 24.9 Å². The highest BCUT2D eigenvalue weighted by atomic mass is 32.1. The molecule has 12 rings (SSSR count). The summed E-state index contributed by atoms with van der Waals surface area (Å²) in [7, 11) is 0. The van der Waals surface area contributed by atoms with Gasteiger partial charge in [0.2, 0.25) is 0 Å². The summed E-state index contributed by atoms with van der Waals surface area (Å²) in [5.74, 6) is 2.64. The van der Waals surface area contributed by atoms with Crippen molar-refractivity contribution < 1.29 is 0 Å². The quantitative estimate of drug-likeness (QED) is 0.160. The smallest absolute Gasteiger partial charge is 0.164 e. The fraction of sp³-hybridized carbons (Fsp3) is 0. The molecule has 62 heavy (non-hydrogen) atoms. The Kier molecular flexibility index (Phi) is 8.80. The van der Waals surface area contributed by atoms with Gasteiger partial charge >= 0.3 is 0 Å². The van der Waals surface area contributed by atoms with Crippen molar-refractivity contribution in [3.05, 3.63) is 200 Å². The van der Waals surface area contributed by atoms with Crippen molar-refractivity contribution in [2.75, 3.05) is 0 Å². The Morgan fingerprint density at radius 1 is 0.290 bits per heavy atom. The van der Waals surface area contributed by atoms with Crippen LogP contribution < -0.4 is 0 Å². The minimum absolute atomic E-state index is 0.645. The number of hydrogen-bond donors (Lipinski definition) is 0. The van der Waals surface area contributed by atoms with Gasteiger partial charge in [-0.15, -0.1) is 22.7 Å². The van der Waals surface area contributed by atoms with E-state index in [0.29, 0.717) is 23.3 Å². The summed E-state index contributed by atoms with van der Waals surface area (Å²) in [6.07, 6.45) is 0. The zero-order chi connectivity index (χ0) is 41.0. The molecular formula is C55H33N5S2. The predicted octanol–water partition coefficient (Wildman–Crippen LogP) is 15.1. The number of aromatic nitrogens is 5. The van der Waals surface area contributed by atoms with Crippen LogP contribution in [0.4, 0.5) is 0 Å². The summed E-state index contributed by atoms with van der Waals surface area (Å²) in [6, 6.07) is 69.8. The highest BCUT2D eigenvalue weighted by molar-refractivity contribution is 7.26. The Morgan fingerprint density at radius 2 is 0.806 bits per heavy atom. The van der Waals surface area contributed by atoms with Gasteiger partial charge in [0.25, 0.3) is 0 Å². The first-order chi connectivity index (χ1) is 30.7. The summed E-state index contributed by atoms with van der Waals surface area (Å²) in [6.45, 7) is 0. The van der Waals surface area contributed by atoms with Crippen LogP contribution in [0.5, 0.6) is 0 Å². The van der Waals surface area contributed by atoms with E-state index in [4.69, 9.17) is 24.9 Å². The van der Waals surface area contributed by atoms with Crippen LogP contribution in [0.15, 0.2) is 200 Å². The lowest BCUT2D eigenvalue weighted by Crippen LogP contribution is -2.00. The zero-order valence-electron chi connectivity index (χ0n) is 33.1. The van der Waals surface area contributed by atoms with E-state index >= 15 is 0 Å².